The van der Waals surface area contributed by atoms with Gasteiger partial charge in [-0.15, -0.1) is 0 Å². The van der Waals surface area contributed by atoms with Crippen molar-refractivity contribution in [1.82, 2.24) is 9.78 Å². The van der Waals surface area contributed by atoms with Crippen molar-refractivity contribution in [2.24, 2.45) is 0 Å². The molecule has 0 saturated carbocycles. The van der Waals surface area contributed by atoms with Gasteiger partial charge in [0.15, 0.2) is 0 Å². The summed E-state index contributed by atoms with van der Waals surface area (Å²) >= 11 is 0. The first kappa shape index (κ1) is 17.5. The molecule has 2 aromatic rings. The van der Waals surface area contributed by atoms with Gasteiger partial charge in [-0.25, -0.2) is 13.5 Å². The van der Waals surface area contributed by atoms with Crippen LogP contribution in [0.25, 0.3) is 0 Å². The number of carbonyl (C=O) groups is 1. The molecule has 1 aromatic carbocycles. The van der Waals surface area contributed by atoms with Crippen molar-refractivity contribution in [3.8, 4) is 0 Å². The van der Waals surface area contributed by atoms with Crippen LogP contribution in [0, 0.1) is 18.6 Å². The van der Waals surface area contributed by atoms with Crippen LogP contribution in [-0.2, 0) is 16.1 Å². The van der Waals surface area contributed by atoms with Gasteiger partial charge in [-0.1, -0.05) is 0 Å². The monoisotopic (exact) mass is 349 g/mol. The van der Waals surface area contributed by atoms with E-state index >= 15 is 0 Å². The molecule has 1 saturated heterocycles. The Labute approximate surface area is 145 Å². The molecule has 0 aliphatic carbocycles. The lowest BCUT2D eigenvalue weighted by molar-refractivity contribution is -0.116. The third-order valence-electron chi connectivity index (χ3n) is 4.33. The fraction of sp³-hybridized carbons (Fsp3) is 0.444. The average Bonchev–Trinajstić information content (AvgIpc) is 3.21. The van der Waals surface area contributed by atoms with Crippen molar-refractivity contribution < 1.29 is 18.3 Å². The Morgan fingerprint density at radius 1 is 1.44 bits per heavy atom. The normalized spacial score (nSPS) is 17.0. The second-order valence-corrected chi connectivity index (χ2v) is 6.29. The van der Waals surface area contributed by atoms with Gasteiger partial charge in [0.2, 0.25) is 5.91 Å². The van der Waals surface area contributed by atoms with E-state index in [1.54, 1.807) is 13.1 Å². The Morgan fingerprint density at radius 3 is 3.04 bits per heavy atom. The standard InChI is InChI=1S/C18H21F2N3O2/c1-12-10-21-23(11-13-9-14(19)4-6-16(13)20)18(12)22-17(24)7-5-15-3-2-8-25-15/h4,6,9-10,15H,2-3,5,7-8,11H2,1H3,(H,22,24)/t15-/m1/s1. The van der Waals surface area contributed by atoms with Gasteiger partial charge in [0.25, 0.3) is 0 Å². The number of hydrogen-bond acceptors (Lipinski definition) is 3. The molecule has 0 spiro atoms. The summed E-state index contributed by atoms with van der Waals surface area (Å²) < 4.78 is 34.2. The number of aromatic nitrogens is 2. The van der Waals surface area contributed by atoms with Crippen LogP contribution in [0.2, 0.25) is 0 Å². The number of aryl methyl sites for hydroxylation is 1. The number of carbonyl (C=O) groups excluding carboxylic acids is 1. The lowest BCUT2D eigenvalue weighted by atomic mass is 10.1. The van der Waals surface area contributed by atoms with Gasteiger partial charge in [-0.05, 0) is 44.4 Å². The predicted octanol–water partition coefficient (Wildman–Crippen LogP) is 3.42. The van der Waals surface area contributed by atoms with Gasteiger partial charge in [-0.2, -0.15) is 5.10 Å². The van der Waals surface area contributed by atoms with E-state index < -0.39 is 11.6 Å². The molecule has 2 heterocycles. The Bertz CT molecular complexity index is 755. The zero-order chi connectivity index (χ0) is 17.8. The van der Waals surface area contributed by atoms with Gasteiger partial charge in [-0.3, -0.25) is 4.79 Å². The predicted molar refractivity (Wildman–Crippen MR) is 89.3 cm³/mol. The summed E-state index contributed by atoms with van der Waals surface area (Å²) in [4.78, 5) is 12.2. The number of anilines is 1. The Balaban J connectivity index is 1.66. The van der Waals surface area contributed by atoms with Crippen LogP contribution in [0.15, 0.2) is 24.4 Å². The summed E-state index contributed by atoms with van der Waals surface area (Å²) in [6, 6.07) is 3.29. The van der Waals surface area contributed by atoms with E-state index in [0.717, 1.165) is 43.2 Å². The number of amides is 1. The van der Waals surface area contributed by atoms with Crippen LogP contribution < -0.4 is 5.32 Å². The smallest absolute Gasteiger partial charge is 0.225 e. The third kappa shape index (κ3) is 4.42. The highest BCUT2D eigenvalue weighted by Crippen LogP contribution is 2.20. The molecule has 7 heteroatoms. The highest BCUT2D eigenvalue weighted by Gasteiger charge is 2.18. The van der Waals surface area contributed by atoms with E-state index in [1.165, 1.54) is 4.68 Å². The van der Waals surface area contributed by atoms with Crippen molar-refractivity contribution in [3.63, 3.8) is 0 Å². The van der Waals surface area contributed by atoms with E-state index in [4.69, 9.17) is 4.74 Å². The maximum atomic E-state index is 13.8. The van der Waals surface area contributed by atoms with E-state index in [0.29, 0.717) is 18.7 Å². The Hall–Kier alpha value is -2.28. The minimum atomic E-state index is -0.512. The second kappa shape index (κ2) is 7.74. The molecule has 1 N–H and O–H groups in total. The van der Waals surface area contributed by atoms with Gasteiger partial charge in [0.1, 0.15) is 17.5 Å². The van der Waals surface area contributed by atoms with Crippen molar-refractivity contribution in [1.29, 1.82) is 0 Å². The quantitative estimate of drug-likeness (QED) is 0.869. The number of hydrogen-bond donors (Lipinski definition) is 1. The molecule has 0 unspecified atom stereocenters. The SMILES string of the molecule is Cc1cnn(Cc2cc(F)ccc2F)c1NC(=O)CC[C@H]1CCCO1. The Morgan fingerprint density at radius 2 is 2.28 bits per heavy atom. The summed E-state index contributed by atoms with van der Waals surface area (Å²) in [5, 5.41) is 6.99. The summed E-state index contributed by atoms with van der Waals surface area (Å²) in [7, 11) is 0. The zero-order valence-corrected chi connectivity index (χ0v) is 14.1. The molecule has 25 heavy (non-hydrogen) atoms. The van der Waals surface area contributed by atoms with Crippen LogP contribution >= 0.6 is 0 Å². The summed E-state index contributed by atoms with van der Waals surface area (Å²) in [6.07, 6.45) is 4.80. The van der Waals surface area contributed by atoms with Gasteiger partial charge in [0.05, 0.1) is 18.8 Å². The van der Waals surface area contributed by atoms with Crippen LogP contribution in [0.1, 0.15) is 36.8 Å². The molecule has 1 fully saturated rings. The van der Waals surface area contributed by atoms with Crippen molar-refractivity contribution in [2.75, 3.05) is 11.9 Å². The topological polar surface area (TPSA) is 56.2 Å². The van der Waals surface area contributed by atoms with E-state index in [9.17, 15) is 13.6 Å². The molecular formula is C18H21F2N3O2. The third-order valence-corrected chi connectivity index (χ3v) is 4.33. The molecule has 134 valence electrons. The second-order valence-electron chi connectivity index (χ2n) is 6.29. The maximum Gasteiger partial charge on any atom is 0.225 e. The summed E-state index contributed by atoms with van der Waals surface area (Å²) in [5.74, 6) is -0.659. The van der Waals surface area contributed by atoms with E-state index in [-0.39, 0.29) is 24.1 Å². The zero-order valence-electron chi connectivity index (χ0n) is 14.1. The highest BCUT2D eigenvalue weighted by molar-refractivity contribution is 5.90. The minimum Gasteiger partial charge on any atom is -0.378 e. The highest BCUT2D eigenvalue weighted by atomic mass is 19.1. The largest absolute Gasteiger partial charge is 0.378 e. The molecule has 1 aliphatic rings. The first-order valence-corrected chi connectivity index (χ1v) is 8.40. The molecule has 0 bridgehead atoms. The first-order valence-electron chi connectivity index (χ1n) is 8.40. The molecule has 1 atom stereocenters. The number of nitrogens with one attached hydrogen (secondary N) is 1. The molecule has 1 aliphatic heterocycles. The van der Waals surface area contributed by atoms with E-state index in [2.05, 4.69) is 10.4 Å². The number of halogens is 2. The van der Waals surface area contributed by atoms with Crippen molar-refractivity contribution in [3.05, 3.63) is 47.2 Å². The summed E-state index contributed by atoms with van der Waals surface area (Å²) in [6.45, 7) is 2.61. The molecule has 3 rings (SSSR count). The minimum absolute atomic E-state index is 0.0405. The number of benzene rings is 1. The van der Waals surface area contributed by atoms with Gasteiger partial charge >= 0.3 is 0 Å². The van der Waals surface area contributed by atoms with Crippen LogP contribution in [-0.4, -0.2) is 28.4 Å². The molecular weight excluding hydrogens is 328 g/mol. The molecule has 1 aromatic heterocycles. The first-order chi connectivity index (χ1) is 12.0. The van der Waals surface area contributed by atoms with Crippen LogP contribution in [0.3, 0.4) is 0 Å². The number of ether oxygens (including phenoxy) is 1. The number of nitrogens with zero attached hydrogens (tertiary/aromatic N) is 2. The van der Waals surface area contributed by atoms with Gasteiger partial charge in [0, 0.05) is 24.2 Å². The molecule has 0 radical (unpaired) electrons. The van der Waals surface area contributed by atoms with Crippen LogP contribution in [0.4, 0.5) is 14.6 Å². The van der Waals surface area contributed by atoms with Crippen molar-refractivity contribution >= 4 is 11.7 Å². The summed E-state index contributed by atoms with van der Waals surface area (Å²) in [5.41, 5.74) is 0.945. The van der Waals surface area contributed by atoms with Gasteiger partial charge < -0.3 is 10.1 Å². The Kier molecular flexibility index (Phi) is 5.43. The lowest BCUT2D eigenvalue weighted by Gasteiger charge is -2.12. The fourth-order valence-electron chi connectivity index (χ4n) is 2.95. The van der Waals surface area contributed by atoms with Crippen molar-refractivity contribution in [2.45, 2.75) is 45.3 Å². The number of rotatable bonds is 6. The van der Waals surface area contributed by atoms with Crippen LogP contribution in [0.5, 0.6) is 0 Å². The molecule has 5 nitrogen and oxygen atoms in total. The molecule has 1 amide bonds. The maximum absolute atomic E-state index is 13.8. The lowest BCUT2D eigenvalue weighted by Crippen LogP contribution is -2.19. The van der Waals surface area contributed by atoms with E-state index in [1.807, 2.05) is 0 Å². The fourth-order valence-corrected chi connectivity index (χ4v) is 2.95. The average molecular weight is 349 g/mol.